The lowest BCUT2D eigenvalue weighted by Gasteiger charge is -2.32. The standard InChI is InChI=1S/C12H22N4O2/c1-13-8-10-2-4-15(5-3-10)6-7-16-11(17)9-14-12(16)18/h10,13H,2-9H2,1H3,(H,14,18). The first-order valence-corrected chi connectivity index (χ1v) is 6.66. The lowest BCUT2D eigenvalue weighted by atomic mass is 9.97. The number of amides is 3. The number of nitrogens with one attached hydrogen (secondary N) is 2. The molecule has 0 saturated carbocycles. The molecule has 102 valence electrons. The first kappa shape index (κ1) is 13.3. The van der Waals surface area contributed by atoms with Crippen LogP contribution in [0.2, 0.25) is 0 Å². The molecule has 0 aliphatic carbocycles. The maximum Gasteiger partial charge on any atom is 0.324 e. The Balaban J connectivity index is 1.69. The fourth-order valence-corrected chi connectivity index (χ4v) is 2.63. The molecule has 0 radical (unpaired) electrons. The molecule has 6 nitrogen and oxygen atoms in total. The predicted octanol–water partition coefficient (Wildman–Crippen LogP) is -0.530. The average Bonchev–Trinajstić information content (AvgIpc) is 2.69. The maximum atomic E-state index is 11.4. The Kier molecular flexibility index (Phi) is 4.54. The minimum atomic E-state index is -0.245. The Bertz CT molecular complexity index is 297. The predicted molar refractivity (Wildman–Crippen MR) is 68.2 cm³/mol. The van der Waals surface area contributed by atoms with Gasteiger partial charge in [0.05, 0.1) is 6.54 Å². The van der Waals surface area contributed by atoms with Gasteiger partial charge in [-0.3, -0.25) is 9.69 Å². The van der Waals surface area contributed by atoms with Crippen LogP contribution in [0.1, 0.15) is 12.8 Å². The van der Waals surface area contributed by atoms with Crippen molar-refractivity contribution in [2.45, 2.75) is 12.8 Å². The van der Waals surface area contributed by atoms with Crippen LogP contribution in [-0.2, 0) is 4.79 Å². The van der Waals surface area contributed by atoms with Crippen LogP contribution in [0.4, 0.5) is 4.79 Å². The highest BCUT2D eigenvalue weighted by Crippen LogP contribution is 2.16. The fourth-order valence-electron chi connectivity index (χ4n) is 2.63. The highest BCUT2D eigenvalue weighted by molar-refractivity contribution is 6.01. The molecule has 0 spiro atoms. The summed E-state index contributed by atoms with van der Waals surface area (Å²) in [6.07, 6.45) is 2.39. The second kappa shape index (κ2) is 6.15. The second-order valence-electron chi connectivity index (χ2n) is 5.05. The largest absolute Gasteiger partial charge is 0.329 e. The molecule has 2 saturated heterocycles. The molecule has 2 aliphatic heterocycles. The highest BCUT2D eigenvalue weighted by atomic mass is 16.2. The third-order valence-corrected chi connectivity index (χ3v) is 3.78. The Hall–Kier alpha value is -1.14. The van der Waals surface area contributed by atoms with Crippen molar-refractivity contribution in [1.29, 1.82) is 0 Å². The molecule has 2 aliphatic rings. The SMILES string of the molecule is CNCC1CCN(CCN2C(=O)CNC2=O)CC1. The van der Waals surface area contributed by atoms with E-state index in [1.54, 1.807) is 0 Å². The zero-order valence-electron chi connectivity index (χ0n) is 10.9. The number of carbonyl (C=O) groups excluding carboxylic acids is 2. The van der Waals surface area contributed by atoms with Gasteiger partial charge in [-0.05, 0) is 45.4 Å². The van der Waals surface area contributed by atoms with Crippen molar-refractivity contribution in [3.63, 3.8) is 0 Å². The summed E-state index contributed by atoms with van der Waals surface area (Å²) in [5.74, 6) is 0.660. The van der Waals surface area contributed by atoms with Gasteiger partial charge in [0.1, 0.15) is 0 Å². The van der Waals surface area contributed by atoms with Crippen LogP contribution in [0.5, 0.6) is 0 Å². The number of carbonyl (C=O) groups is 2. The summed E-state index contributed by atoms with van der Waals surface area (Å²) in [5, 5.41) is 5.76. The smallest absolute Gasteiger partial charge is 0.324 e. The molecule has 0 aromatic carbocycles. The van der Waals surface area contributed by atoms with Gasteiger partial charge in [0.15, 0.2) is 0 Å². The van der Waals surface area contributed by atoms with Crippen molar-refractivity contribution in [1.82, 2.24) is 20.4 Å². The molecule has 0 atom stereocenters. The Morgan fingerprint density at radius 3 is 2.56 bits per heavy atom. The topological polar surface area (TPSA) is 64.7 Å². The van der Waals surface area contributed by atoms with E-state index in [-0.39, 0.29) is 18.5 Å². The van der Waals surface area contributed by atoms with Crippen LogP contribution in [0.25, 0.3) is 0 Å². The minimum absolute atomic E-state index is 0.106. The van der Waals surface area contributed by atoms with Crippen LogP contribution in [0.15, 0.2) is 0 Å². The van der Waals surface area contributed by atoms with Crippen LogP contribution in [0, 0.1) is 5.92 Å². The van der Waals surface area contributed by atoms with Gasteiger partial charge in [-0.2, -0.15) is 0 Å². The average molecular weight is 254 g/mol. The molecule has 18 heavy (non-hydrogen) atoms. The molecule has 0 unspecified atom stereocenters. The summed E-state index contributed by atoms with van der Waals surface area (Å²) in [4.78, 5) is 26.4. The van der Waals surface area contributed by atoms with Crippen LogP contribution < -0.4 is 10.6 Å². The number of hydrogen-bond donors (Lipinski definition) is 2. The van der Waals surface area contributed by atoms with Gasteiger partial charge in [-0.25, -0.2) is 4.79 Å². The Morgan fingerprint density at radius 1 is 1.28 bits per heavy atom. The zero-order chi connectivity index (χ0) is 13.0. The first-order valence-electron chi connectivity index (χ1n) is 6.66. The van der Waals surface area contributed by atoms with Gasteiger partial charge in [0, 0.05) is 13.1 Å². The van der Waals surface area contributed by atoms with E-state index in [0.717, 1.165) is 32.1 Å². The van der Waals surface area contributed by atoms with Crippen LogP contribution in [-0.4, -0.2) is 68.1 Å². The van der Waals surface area contributed by atoms with Crippen molar-refractivity contribution < 1.29 is 9.59 Å². The summed E-state index contributed by atoms with van der Waals surface area (Å²) in [5.41, 5.74) is 0. The van der Waals surface area contributed by atoms with Gasteiger partial charge in [0.2, 0.25) is 5.91 Å². The van der Waals surface area contributed by atoms with E-state index in [1.165, 1.54) is 17.7 Å². The first-order chi connectivity index (χ1) is 8.70. The van der Waals surface area contributed by atoms with Gasteiger partial charge >= 0.3 is 6.03 Å². The number of imide groups is 1. The third-order valence-electron chi connectivity index (χ3n) is 3.78. The number of rotatable bonds is 5. The Labute approximate surface area is 108 Å². The maximum absolute atomic E-state index is 11.4. The molecule has 3 amide bonds. The number of nitrogens with zero attached hydrogens (tertiary/aromatic N) is 2. The summed E-state index contributed by atoms with van der Waals surface area (Å²) >= 11 is 0. The summed E-state index contributed by atoms with van der Waals surface area (Å²) in [7, 11) is 1.99. The summed E-state index contributed by atoms with van der Waals surface area (Å²) in [6.45, 7) is 4.68. The van der Waals surface area contributed by atoms with Gasteiger partial charge in [-0.1, -0.05) is 0 Å². The molecular weight excluding hydrogens is 232 g/mol. The van der Waals surface area contributed by atoms with Crippen molar-refractivity contribution in [3.8, 4) is 0 Å². The lowest BCUT2D eigenvalue weighted by molar-refractivity contribution is -0.125. The van der Waals surface area contributed by atoms with E-state index in [9.17, 15) is 9.59 Å². The number of urea groups is 1. The minimum Gasteiger partial charge on any atom is -0.329 e. The van der Waals surface area contributed by atoms with E-state index in [1.807, 2.05) is 7.05 Å². The van der Waals surface area contributed by atoms with Gasteiger partial charge in [0.25, 0.3) is 0 Å². The van der Waals surface area contributed by atoms with Crippen molar-refractivity contribution >= 4 is 11.9 Å². The lowest BCUT2D eigenvalue weighted by Crippen LogP contribution is -2.42. The van der Waals surface area contributed by atoms with E-state index in [2.05, 4.69) is 15.5 Å². The van der Waals surface area contributed by atoms with E-state index < -0.39 is 0 Å². The third kappa shape index (κ3) is 3.20. The van der Waals surface area contributed by atoms with Crippen LogP contribution >= 0.6 is 0 Å². The van der Waals surface area contributed by atoms with Crippen molar-refractivity contribution in [2.24, 2.45) is 5.92 Å². The molecule has 2 fully saturated rings. The van der Waals surface area contributed by atoms with Gasteiger partial charge < -0.3 is 15.5 Å². The summed E-state index contributed by atoms with van der Waals surface area (Å²) < 4.78 is 0. The quantitative estimate of drug-likeness (QED) is 0.647. The fraction of sp³-hybridized carbons (Fsp3) is 0.833. The van der Waals surface area contributed by atoms with E-state index in [4.69, 9.17) is 0 Å². The molecular formula is C12H22N4O2. The van der Waals surface area contributed by atoms with Crippen molar-refractivity contribution in [2.75, 3.05) is 46.3 Å². The molecule has 2 rings (SSSR count). The number of piperidine rings is 1. The van der Waals surface area contributed by atoms with Crippen LogP contribution in [0.3, 0.4) is 0 Å². The normalized spacial score (nSPS) is 22.6. The summed E-state index contributed by atoms with van der Waals surface area (Å²) in [6, 6.07) is -0.245. The molecule has 2 N–H and O–H groups in total. The van der Waals surface area contributed by atoms with E-state index >= 15 is 0 Å². The molecule has 2 heterocycles. The monoisotopic (exact) mass is 254 g/mol. The molecule has 6 heteroatoms. The second-order valence-corrected chi connectivity index (χ2v) is 5.05. The Morgan fingerprint density at radius 2 is 2.00 bits per heavy atom. The zero-order valence-corrected chi connectivity index (χ0v) is 10.9. The molecule has 0 bridgehead atoms. The number of hydrogen-bond acceptors (Lipinski definition) is 4. The van der Waals surface area contributed by atoms with Gasteiger partial charge in [-0.15, -0.1) is 0 Å². The number of likely N-dealkylation sites (tertiary alicyclic amines) is 1. The molecule has 0 aromatic rings. The van der Waals surface area contributed by atoms with E-state index in [0.29, 0.717) is 6.54 Å². The van der Waals surface area contributed by atoms with Crippen molar-refractivity contribution in [3.05, 3.63) is 0 Å². The molecule has 0 aromatic heterocycles. The highest BCUT2D eigenvalue weighted by Gasteiger charge is 2.28.